The van der Waals surface area contributed by atoms with E-state index in [0.29, 0.717) is 11.8 Å². The minimum atomic E-state index is -0.104. The number of ether oxygens (including phenoxy) is 1. The molecule has 0 unspecified atom stereocenters. The maximum atomic E-state index is 11.1. The van der Waals surface area contributed by atoms with Gasteiger partial charge in [-0.15, -0.1) is 0 Å². The Morgan fingerprint density at radius 3 is 2.60 bits per heavy atom. The molecule has 0 aromatic rings. The molecule has 86 valence electrons. The third-order valence-corrected chi connectivity index (χ3v) is 3.20. The quantitative estimate of drug-likeness (QED) is 0.527. The van der Waals surface area contributed by atoms with E-state index in [1.165, 1.54) is 7.11 Å². The lowest BCUT2D eigenvalue weighted by molar-refractivity contribution is -0.141. The van der Waals surface area contributed by atoms with Crippen molar-refractivity contribution in [3.63, 3.8) is 0 Å². The highest BCUT2D eigenvalue weighted by Crippen LogP contribution is 2.44. The molecule has 0 aliphatic heterocycles. The van der Waals surface area contributed by atoms with Crippen LogP contribution in [0.3, 0.4) is 0 Å². The molecule has 0 radical (unpaired) electrons. The topological polar surface area (TPSA) is 26.3 Å². The largest absolute Gasteiger partial charge is 0.469 e. The SMILES string of the molecule is COC(=O)CC[C@@]1(C)C=CCC(C)(C)C1. The molecule has 15 heavy (non-hydrogen) atoms. The molecular weight excluding hydrogens is 188 g/mol. The summed E-state index contributed by atoms with van der Waals surface area (Å²) < 4.78 is 4.68. The van der Waals surface area contributed by atoms with Crippen molar-refractivity contribution < 1.29 is 9.53 Å². The van der Waals surface area contributed by atoms with Crippen molar-refractivity contribution in [3.05, 3.63) is 12.2 Å². The minimum Gasteiger partial charge on any atom is -0.469 e. The first-order chi connectivity index (χ1) is 6.87. The van der Waals surface area contributed by atoms with E-state index in [1.54, 1.807) is 0 Å². The normalized spacial score (nSPS) is 28.8. The second-order valence-electron chi connectivity index (χ2n) is 5.68. The molecule has 1 rings (SSSR count). The molecule has 1 atom stereocenters. The van der Waals surface area contributed by atoms with Crippen LogP contribution in [0.4, 0.5) is 0 Å². The Hall–Kier alpha value is -0.790. The van der Waals surface area contributed by atoms with E-state index in [4.69, 9.17) is 0 Å². The third kappa shape index (κ3) is 3.69. The fraction of sp³-hybridized carbons (Fsp3) is 0.769. The Balaban J connectivity index is 2.56. The van der Waals surface area contributed by atoms with Crippen molar-refractivity contribution in [1.82, 2.24) is 0 Å². The molecule has 0 aromatic heterocycles. The van der Waals surface area contributed by atoms with Crippen LogP contribution in [0.1, 0.15) is 46.5 Å². The molecule has 0 amide bonds. The van der Waals surface area contributed by atoms with Crippen molar-refractivity contribution in [3.8, 4) is 0 Å². The summed E-state index contributed by atoms with van der Waals surface area (Å²) >= 11 is 0. The van der Waals surface area contributed by atoms with E-state index in [1.807, 2.05) is 0 Å². The van der Waals surface area contributed by atoms with Gasteiger partial charge < -0.3 is 4.74 Å². The number of esters is 1. The van der Waals surface area contributed by atoms with Gasteiger partial charge in [0.25, 0.3) is 0 Å². The zero-order valence-corrected chi connectivity index (χ0v) is 10.3. The first-order valence-electron chi connectivity index (χ1n) is 5.61. The van der Waals surface area contributed by atoms with E-state index in [0.717, 1.165) is 19.3 Å². The van der Waals surface area contributed by atoms with Gasteiger partial charge in [0.15, 0.2) is 0 Å². The number of rotatable bonds is 3. The number of carbonyl (C=O) groups excluding carboxylic acids is 1. The first-order valence-corrected chi connectivity index (χ1v) is 5.61. The molecule has 2 heteroatoms. The van der Waals surface area contributed by atoms with Gasteiger partial charge in [-0.05, 0) is 30.1 Å². The summed E-state index contributed by atoms with van der Waals surface area (Å²) in [6.07, 6.45) is 8.21. The van der Waals surface area contributed by atoms with E-state index in [9.17, 15) is 4.79 Å². The van der Waals surface area contributed by atoms with Crippen LogP contribution >= 0.6 is 0 Å². The molecule has 0 fully saturated rings. The lowest BCUT2D eigenvalue weighted by Crippen LogP contribution is -2.28. The van der Waals surface area contributed by atoms with Gasteiger partial charge in [-0.2, -0.15) is 0 Å². The minimum absolute atomic E-state index is 0.104. The zero-order chi connectivity index (χ0) is 11.5. The van der Waals surface area contributed by atoms with Gasteiger partial charge in [-0.3, -0.25) is 4.79 Å². The second-order valence-corrected chi connectivity index (χ2v) is 5.68. The highest BCUT2D eigenvalue weighted by molar-refractivity contribution is 5.69. The van der Waals surface area contributed by atoms with E-state index < -0.39 is 0 Å². The standard InChI is InChI=1S/C13H22O2/c1-12(2)7-5-8-13(3,10-12)9-6-11(14)15-4/h5,8H,6-7,9-10H2,1-4H3/t13-/m1/s1. The van der Waals surface area contributed by atoms with E-state index in [2.05, 4.69) is 37.7 Å². The number of hydrogen-bond acceptors (Lipinski definition) is 2. The number of methoxy groups -OCH3 is 1. The van der Waals surface area contributed by atoms with Crippen molar-refractivity contribution >= 4 is 5.97 Å². The maximum absolute atomic E-state index is 11.1. The lowest BCUT2D eigenvalue weighted by Gasteiger charge is -2.38. The van der Waals surface area contributed by atoms with Crippen molar-refractivity contribution in [2.75, 3.05) is 7.11 Å². The van der Waals surface area contributed by atoms with Crippen LogP contribution in [-0.2, 0) is 9.53 Å². The van der Waals surface area contributed by atoms with Gasteiger partial charge in [-0.25, -0.2) is 0 Å². The number of hydrogen-bond donors (Lipinski definition) is 0. The van der Waals surface area contributed by atoms with Gasteiger partial charge in [0.2, 0.25) is 0 Å². The molecule has 0 heterocycles. The van der Waals surface area contributed by atoms with Crippen LogP contribution in [0.15, 0.2) is 12.2 Å². The molecule has 2 nitrogen and oxygen atoms in total. The van der Waals surface area contributed by atoms with Crippen LogP contribution in [0, 0.1) is 10.8 Å². The molecule has 0 bridgehead atoms. The first kappa shape index (κ1) is 12.3. The molecule has 0 saturated heterocycles. The van der Waals surface area contributed by atoms with Gasteiger partial charge in [0, 0.05) is 6.42 Å². The van der Waals surface area contributed by atoms with Crippen LogP contribution < -0.4 is 0 Å². The van der Waals surface area contributed by atoms with Gasteiger partial charge in [0.1, 0.15) is 0 Å². The van der Waals surface area contributed by atoms with Gasteiger partial charge in [-0.1, -0.05) is 32.9 Å². The van der Waals surface area contributed by atoms with Gasteiger partial charge in [0.05, 0.1) is 7.11 Å². The molecule has 1 aliphatic carbocycles. The van der Waals surface area contributed by atoms with Crippen LogP contribution in [0.25, 0.3) is 0 Å². The molecule has 1 aliphatic rings. The van der Waals surface area contributed by atoms with Crippen LogP contribution in [-0.4, -0.2) is 13.1 Å². The smallest absolute Gasteiger partial charge is 0.305 e. The average molecular weight is 210 g/mol. The highest BCUT2D eigenvalue weighted by atomic mass is 16.5. The Morgan fingerprint density at radius 2 is 2.07 bits per heavy atom. The summed E-state index contributed by atoms with van der Waals surface area (Å²) in [6, 6.07) is 0. The van der Waals surface area contributed by atoms with E-state index >= 15 is 0 Å². The summed E-state index contributed by atoms with van der Waals surface area (Å²) in [4.78, 5) is 11.1. The molecular formula is C13H22O2. The van der Waals surface area contributed by atoms with Crippen molar-refractivity contribution in [1.29, 1.82) is 0 Å². The molecule has 0 N–H and O–H groups in total. The fourth-order valence-electron chi connectivity index (χ4n) is 2.55. The number of carbonyl (C=O) groups is 1. The van der Waals surface area contributed by atoms with Gasteiger partial charge >= 0.3 is 5.97 Å². The summed E-state index contributed by atoms with van der Waals surface area (Å²) in [5, 5.41) is 0. The summed E-state index contributed by atoms with van der Waals surface area (Å²) in [5.41, 5.74) is 0.523. The second kappa shape index (κ2) is 4.38. The predicted octanol–water partition coefficient (Wildman–Crippen LogP) is 3.32. The maximum Gasteiger partial charge on any atom is 0.305 e. The summed E-state index contributed by atoms with van der Waals surface area (Å²) in [6.45, 7) is 6.80. The Kier molecular flexibility index (Phi) is 3.58. The zero-order valence-electron chi connectivity index (χ0n) is 10.3. The summed E-state index contributed by atoms with van der Waals surface area (Å²) in [7, 11) is 1.45. The summed E-state index contributed by atoms with van der Waals surface area (Å²) in [5.74, 6) is -0.104. The molecule has 0 aromatic carbocycles. The molecule has 0 spiro atoms. The van der Waals surface area contributed by atoms with Crippen LogP contribution in [0.2, 0.25) is 0 Å². The molecule has 0 saturated carbocycles. The monoisotopic (exact) mass is 210 g/mol. The fourth-order valence-corrected chi connectivity index (χ4v) is 2.55. The number of allylic oxidation sites excluding steroid dienone is 2. The average Bonchev–Trinajstić information content (AvgIpc) is 2.12. The van der Waals surface area contributed by atoms with Crippen molar-refractivity contribution in [2.45, 2.75) is 46.5 Å². The van der Waals surface area contributed by atoms with E-state index in [-0.39, 0.29) is 11.4 Å². The lowest BCUT2D eigenvalue weighted by atomic mass is 9.66. The van der Waals surface area contributed by atoms with Crippen LogP contribution in [0.5, 0.6) is 0 Å². The highest BCUT2D eigenvalue weighted by Gasteiger charge is 2.33. The Bertz CT molecular complexity index is 266. The Morgan fingerprint density at radius 1 is 1.40 bits per heavy atom. The third-order valence-electron chi connectivity index (χ3n) is 3.20. The Labute approximate surface area is 92.7 Å². The predicted molar refractivity (Wildman–Crippen MR) is 61.5 cm³/mol. The van der Waals surface area contributed by atoms with Crippen molar-refractivity contribution in [2.24, 2.45) is 10.8 Å².